The summed E-state index contributed by atoms with van der Waals surface area (Å²) in [6.07, 6.45) is 0.374. The van der Waals surface area contributed by atoms with Crippen molar-refractivity contribution in [3.63, 3.8) is 0 Å². The van der Waals surface area contributed by atoms with Crippen LogP contribution in [-0.2, 0) is 14.3 Å². The normalized spacial score (nSPS) is 26.4. The molecular formula is C10H18N2O4. The van der Waals surface area contributed by atoms with Crippen LogP contribution in [0, 0.1) is 5.92 Å². The molecule has 1 heterocycles. The van der Waals surface area contributed by atoms with Crippen LogP contribution in [0.4, 0.5) is 0 Å². The van der Waals surface area contributed by atoms with Gasteiger partial charge in [0, 0.05) is 6.04 Å². The van der Waals surface area contributed by atoms with Crippen LogP contribution in [-0.4, -0.2) is 49.3 Å². The zero-order valence-corrected chi connectivity index (χ0v) is 9.53. The van der Waals surface area contributed by atoms with E-state index in [4.69, 9.17) is 9.84 Å². The van der Waals surface area contributed by atoms with Crippen molar-refractivity contribution in [2.24, 2.45) is 5.92 Å². The Morgan fingerprint density at radius 3 is 2.69 bits per heavy atom. The van der Waals surface area contributed by atoms with Crippen molar-refractivity contribution in [3.05, 3.63) is 0 Å². The fourth-order valence-corrected chi connectivity index (χ4v) is 1.71. The number of amides is 1. The molecule has 6 heteroatoms. The van der Waals surface area contributed by atoms with Crippen molar-refractivity contribution >= 4 is 11.9 Å². The number of aliphatic carboxylic acids is 1. The van der Waals surface area contributed by atoms with Gasteiger partial charge >= 0.3 is 5.97 Å². The molecule has 1 rings (SSSR count). The van der Waals surface area contributed by atoms with Gasteiger partial charge in [0.1, 0.15) is 6.04 Å². The summed E-state index contributed by atoms with van der Waals surface area (Å²) in [7, 11) is 1.76. The fraction of sp³-hybridized carbons (Fsp3) is 0.800. The average molecular weight is 230 g/mol. The number of hydrogen-bond donors (Lipinski definition) is 3. The second-order valence-electron chi connectivity index (χ2n) is 3.85. The molecule has 0 aromatic rings. The molecule has 16 heavy (non-hydrogen) atoms. The Morgan fingerprint density at radius 1 is 1.50 bits per heavy atom. The van der Waals surface area contributed by atoms with Crippen molar-refractivity contribution in [3.8, 4) is 0 Å². The molecule has 0 radical (unpaired) electrons. The first kappa shape index (κ1) is 12.9. The Labute approximate surface area is 94.3 Å². The standard InChI is InChI=1S/C10H18N2O4/c1-3-7(10(14)15)12-9(13)6-4-16-5-8(6)11-2/h6-8,11H,3-5H2,1-2H3,(H,12,13)(H,14,15)/t6?,7-,8?/m1/s1. The Bertz CT molecular complexity index is 270. The van der Waals surface area contributed by atoms with E-state index in [1.807, 2.05) is 0 Å². The Kier molecular flexibility index (Phi) is 4.70. The lowest BCUT2D eigenvalue weighted by molar-refractivity contribution is -0.142. The molecule has 0 spiro atoms. The first-order valence-corrected chi connectivity index (χ1v) is 5.38. The third-order valence-corrected chi connectivity index (χ3v) is 2.81. The predicted molar refractivity (Wildman–Crippen MR) is 57.0 cm³/mol. The number of carboxylic acid groups (broad SMARTS) is 1. The van der Waals surface area contributed by atoms with Gasteiger partial charge in [-0.25, -0.2) is 4.79 Å². The molecular weight excluding hydrogens is 212 g/mol. The molecule has 0 saturated carbocycles. The van der Waals surface area contributed by atoms with Crippen LogP contribution in [0.25, 0.3) is 0 Å². The van der Waals surface area contributed by atoms with Gasteiger partial charge in [-0.05, 0) is 13.5 Å². The molecule has 0 aromatic heterocycles. The molecule has 3 N–H and O–H groups in total. The topological polar surface area (TPSA) is 87.7 Å². The highest BCUT2D eigenvalue weighted by Crippen LogP contribution is 2.13. The number of carbonyl (C=O) groups is 2. The Balaban J connectivity index is 2.54. The minimum atomic E-state index is -1.00. The zero-order chi connectivity index (χ0) is 12.1. The van der Waals surface area contributed by atoms with E-state index in [-0.39, 0.29) is 17.9 Å². The number of ether oxygens (including phenoxy) is 1. The molecule has 0 aliphatic carbocycles. The van der Waals surface area contributed by atoms with E-state index in [0.717, 1.165) is 0 Å². The summed E-state index contributed by atoms with van der Waals surface area (Å²) < 4.78 is 5.19. The van der Waals surface area contributed by atoms with E-state index in [2.05, 4.69) is 10.6 Å². The molecule has 0 bridgehead atoms. The third kappa shape index (κ3) is 2.93. The van der Waals surface area contributed by atoms with E-state index in [1.54, 1.807) is 14.0 Å². The van der Waals surface area contributed by atoms with Gasteiger partial charge in [0.2, 0.25) is 5.91 Å². The molecule has 1 aliphatic rings. The number of nitrogens with one attached hydrogen (secondary N) is 2. The van der Waals surface area contributed by atoms with E-state index in [9.17, 15) is 9.59 Å². The SMILES string of the molecule is CC[C@@H](NC(=O)C1COCC1NC)C(=O)O. The van der Waals surface area contributed by atoms with Crippen molar-refractivity contribution < 1.29 is 19.4 Å². The maximum atomic E-state index is 11.8. The summed E-state index contributed by atoms with van der Waals surface area (Å²) >= 11 is 0. The summed E-state index contributed by atoms with van der Waals surface area (Å²) in [5.41, 5.74) is 0. The number of carbonyl (C=O) groups excluding carboxylic acids is 1. The fourth-order valence-electron chi connectivity index (χ4n) is 1.71. The van der Waals surface area contributed by atoms with E-state index >= 15 is 0 Å². The summed E-state index contributed by atoms with van der Waals surface area (Å²) in [6, 6.07) is -0.850. The molecule has 1 amide bonds. The molecule has 6 nitrogen and oxygen atoms in total. The molecule has 2 unspecified atom stereocenters. The lowest BCUT2D eigenvalue weighted by atomic mass is 10.0. The predicted octanol–water partition coefficient (Wildman–Crippen LogP) is -0.800. The molecule has 1 fully saturated rings. The number of carboxylic acids is 1. The van der Waals surface area contributed by atoms with Crippen molar-refractivity contribution in [1.82, 2.24) is 10.6 Å². The van der Waals surface area contributed by atoms with Crippen LogP contribution in [0.15, 0.2) is 0 Å². The van der Waals surface area contributed by atoms with Crippen molar-refractivity contribution in [1.29, 1.82) is 0 Å². The largest absolute Gasteiger partial charge is 0.480 e. The summed E-state index contributed by atoms with van der Waals surface area (Å²) in [6.45, 7) is 2.55. The maximum Gasteiger partial charge on any atom is 0.326 e. The van der Waals surface area contributed by atoms with Crippen molar-refractivity contribution in [2.75, 3.05) is 20.3 Å². The second-order valence-corrected chi connectivity index (χ2v) is 3.85. The molecule has 92 valence electrons. The number of rotatable bonds is 5. The monoisotopic (exact) mass is 230 g/mol. The lowest BCUT2D eigenvalue weighted by Crippen LogP contribution is -2.48. The first-order chi connectivity index (χ1) is 7.60. The van der Waals surface area contributed by atoms with Crippen LogP contribution in [0.5, 0.6) is 0 Å². The van der Waals surface area contributed by atoms with E-state index < -0.39 is 12.0 Å². The van der Waals surface area contributed by atoms with Crippen LogP contribution in [0.1, 0.15) is 13.3 Å². The highest BCUT2D eigenvalue weighted by Gasteiger charge is 2.34. The van der Waals surface area contributed by atoms with Crippen LogP contribution >= 0.6 is 0 Å². The summed E-state index contributed by atoms with van der Waals surface area (Å²) in [5.74, 6) is -1.57. The van der Waals surface area contributed by atoms with Gasteiger partial charge in [-0.15, -0.1) is 0 Å². The zero-order valence-electron chi connectivity index (χ0n) is 9.53. The van der Waals surface area contributed by atoms with Gasteiger partial charge in [-0.3, -0.25) is 4.79 Å². The average Bonchev–Trinajstić information content (AvgIpc) is 2.72. The van der Waals surface area contributed by atoms with E-state index in [1.165, 1.54) is 0 Å². The number of likely N-dealkylation sites (N-methyl/N-ethyl adjacent to an activating group) is 1. The van der Waals surface area contributed by atoms with Crippen LogP contribution < -0.4 is 10.6 Å². The van der Waals surface area contributed by atoms with Gasteiger partial charge in [0.25, 0.3) is 0 Å². The lowest BCUT2D eigenvalue weighted by Gasteiger charge is -2.19. The van der Waals surface area contributed by atoms with Gasteiger partial charge in [0.05, 0.1) is 19.1 Å². The smallest absolute Gasteiger partial charge is 0.326 e. The molecule has 1 saturated heterocycles. The first-order valence-electron chi connectivity index (χ1n) is 5.38. The molecule has 1 aliphatic heterocycles. The summed E-state index contributed by atoms with van der Waals surface area (Å²) in [4.78, 5) is 22.6. The molecule has 3 atom stereocenters. The minimum absolute atomic E-state index is 0.0358. The van der Waals surface area contributed by atoms with Crippen molar-refractivity contribution in [2.45, 2.75) is 25.4 Å². The van der Waals surface area contributed by atoms with Crippen LogP contribution in [0.2, 0.25) is 0 Å². The summed E-state index contributed by atoms with van der Waals surface area (Å²) in [5, 5.41) is 14.3. The minimum Gasteiger partial charge on any atom is -0.480 e. The number of hydrogen-bond acceptors (Lipinski definition) is 4. The highest BCUT2D eigenvalue weighted by atomic mass is 16.5. The maximum absolute atomic E-state index is 11.8. The Hall–Kier alpha value is -1.14. The van der Waals surface area contributed by atoms with Gasteiger partial charge in [-0.1, -0.05) is 6.92 Å². The third-order valence-electron chi connectivity index (χ3n) is 2.81. The van der Waals surface area contributed by atoms with E-state index in [0.29, 0.717) is 19.6 Å². The second kappa shape index (κ2) is 5.81. The Morgan fingerprint density at radius 2 is 2.19 bits per heavy atom. The van der Waals surface area contributed by atoms with Gasteiger partial charge in [-0.2, -0.15) is 0 Å². The highest BCUT2D eigenvalue weighted by molar-refractivity contribution is 5.85. The van der Waals surface area contributed by atoms with Gasteiger partial charge < -0.3 is 20.5 Å². The van der Waals surface area contributed by atoms with Gasteiger partial charge in [0.15, 0.2) is 0 Å². The molecule has 0 aromatic carbocycles. The quantitative estimate of drug-likeness (QED) is 0.575. The van der Waals surface area contributed by atoms with Crippen LogP contribution in [0.3, 0.4) is 0 Å².